The van der Waals surface area contributed by atoms with E-state index in [9.17, 15) is 0 Å². The van der Waals surface area contributed by atoms with E-state index in [0.717, 1.165) is 19.5 Å². The summed E-state index contributed by atoms with van der Waals surface area (Å²) in [6.07, 6.45) is 5.07. The van der Waals surface area contributed by atoms with E-state index in [4.69, 9.17) is 0 Å². The molecule has 0 saturated carbocycles. The van der Waals surface area contributed by atoms with Crippen molar-refractivity contribution in [1.29, 1.82) is 0 Å². The highest BCUT2D eigenvalue weighted by atomic mass is 15.3. The summed E-state index contributed by atoms with van der Waals surface area (Å²) >= 11 is 0. The van der Waals surface area contributed by atoms with Crippen LogP contribution in [0.3, 0.4) is 0 Å². The Morgan fingerprint density at radius 3 is 2.93 bits per heavy atom. The van der Waals surface area contributed by atoms with Gasteiger partial charge in [0.2, 0.25) is 5.84 Å². The van der Waals surface area contributed by atoms with Gasteiger partial charge in [0.25, 0.3) is 0 Å². The molecule has 1 rings (SSSR count). The fraction of sp³-hybridized carbons (Fsp3) is 0.583. The third kappa shape index (κ3) is 2.93. The van der Waals surface area contributed by atoms with Crippen LogP contribution >= 0.6 is 0 Å². The highest BCUT2D eigenvalue weighted by Gasteiger charge is 2.30. The number of hydrogen-bond acceptors (Lipinski definition) is 2. The lowest BCUT2D eigenvalue weighted by Crippen LogP contribution is -2.42. The van der Waals surface area contributed by atoms with Crippen molar-refractivity contribution in [2.24, 2.45) is 0 Å². The van der Waals surface area contributed by atoms with Gasteiger partial charge in [-0.15, -0.1) is 13.2 Å². The molecule has 0 aromatic carbocycles. The maximum absolute atomic E-state index is 3.78. The minimum atomic E-state index is 0.336. The lowest BCUT2D eigenvalue weighted by molar-refractivity contribution is -0.591. The number of nitrogens with zero attached hydrogens (tertiary/aromatic N) is 1. The van der Waals surface area contributed by atoms with Gasteiger partial charge in [0, 0.05) is 6.54 Å². The normalized spacial score (nSPS) is 22.4. The molecular weight excluding hydrogens is 186 g/mol. The van der Waals surface area contributed by atoms with Gasteiger partial charge in [0.1, 0.15) is 18.8 Å². The third-order valence-corrected chi connectivity index (χ3v) is 2.70. The molecule has 2 N–H and O–H groups in total. The average molecular weight is 208 g/mol. The molecule has 3 nitrogen and oxygen atoms in total. The Balaban J connectivity index is 2.71. The number of amidine groups is 1. The van der Waals surface area contributed by atoms with Crippen LogP contribution in [0.1, 0.15) is 20.3 Å². The highest BCUT2D eigenvalue weighted by molar-refractivity contribution is 5.79. The lowest BCUT2D eigenvalue weighted by Gasteiger charge is -2.17. The van der Waals surface area contributed by atoms with E-state index in [2.05, 4.69) is 42.2 Å². The fourth-order valence-corrected chi connectivity index (χ4v) is 2.00. The minimum Gasteiger partial charge on any atom is -0.276 e. The summed E-state index contributed by atoms with van der Waals surface area (Å²) < 4.78 is 2.38. The van der Waals surface area contributed by atoms with Gasteiger partial charge >= 0.3 is 0 Å². The van der Waals surface area contributed by atoms with Crippen LogP contribution in [-0.2, 0) is 0 Å². The van der Waals surface area contributed by atoms with Crippen LogP contribution in [0.2, 0.25) is 0 Å². The highest BCUT2D eigenvalue weighted by Crippen LogP contribution is 2.04. The first-order chi connectivity index (χ1) is 7.20. The Bertz CT molecular complexity index is 268. The number of nitrogens with one attached hydrogen (secondary N) is 2. The van der Waals surface area contributed by atoms with Crippen molar-refractivity contribution in [3.05, 3.63) is 25.3 Å². The monoisotopic (exact) mass is 208 g/mol. The van der Waals surface area contributed by atoms with Gasteiger partial charge in [0.05, 0.1) is 6.42 Å². The van der Waals surface area contributed by atoms with E-state index in [1.807, 2.05) is 12.2 Å². The molecule has 1 aliphatic heterocycles. The van der Waals surface area contributed by atoms with Crippen LogP contribution in [0.4, 0.5) is 0 Å². The molecule has 0 saturated heterocycles. The molecule has 84 valence electrons. The molecular formula is C12H22N3+. The van der Waals surface area contributed by atoms with Gasteiger partial charge in [-0.25, -0.2) is 4.58 Å². The molecule has 0 aromatic heterocycles. The zero-order valence-electron chi connectivity index (χ0n) is 9.79. The Morgan fingerprint density at radius 2 is 2.33 bits per heavy atom. The zero-order valence-corrected chi connectivity index (χ0v) is 9.79. The predicted octanol–water partition coefficient (Wildman–Crippen LogP) is 1.09. The van der Waals surface area contributed by atoms with Crippen molar-refractivity contribution >= 4 is 5.84 Å². The lowest BCUT2D eigenvalue weighted by atomic mass is 10.3. The average Bonchev–Trinajstić information content (AvgIpc) is 2.57. The first-order valence-corrected chi connectivity index (χ1v) is 5.54. The van der Waals surface area contributed by atoms with Crippen LogP contribution in [0.5, 0.6) is 0 Å². The van der Waals surface area contributed by atoms with Crippen LogP contribution in [0.25, 0.3) is 0 Å². The van der Waals surface area contributed by atoms with Crippen molar-refractivity contribution in [2.45, 2.75) is 32.5 Å². The van der Waals surface area contributed by atoms with Crippen LogP contribution in [-0.4, -0.2) is 35.7 Å². The SMILES string of the molecule is C=CCNC(C)[N+]1=C(CC=C)NCC1C. The topological polar surface area (TPSA) is 27.1 Å². The molecule has 2 atom stereocenters. The molecule has 3 heteroatoms. The van der Waals surface area contributed by atoms with Gasteiger partial charge in [-0.1, -0.05) is 12.2 Å². The van der Waals surface area contributed by atoms with E-state index >= 15 is 0 Å². The summed E-state index contributed by atoms with van der Waals surface area (Å²) in [6, 6.07) is 0.535. The molecule has 0 aromatic rings. The van der Waals surface area contributed by atoms with Gasteiger partial charge in [-0.2, -0.15) is 0 Å². The van der Waals surface area contributed by atoms with Crippen molar-refractivity contribution in [3.8, 4) is 0 Å². The fourth-order valence-electron chi connectivity index (χ4n) is 2.00. The third-order valence-electron chi connectivity index (χ3n) is 2.70. The quantitative estimate of drug-likeness (QED) is 0.505. The van der Waals surface area contributed by atoms with Crippen molar-refractivity contribution < 1.29 is 4.58 Å². The van der Waals surface area contributed by atoms with Crippen LogP contribution in [0, 0.1) is 0 Å². The Hall–Kier alpha value is -1.09. The summed E-state index contributed by atoms with van der Waals surface area (Å²) in [5, 5.41) is 6.83. The Labute approximate surface area is 92.6 Å². The van der Waals surface area contributed by atoms with E-state index in [0.29, 0.717) is 12.2 Å². The maximum atomic E-state index is 3.78. The molecule has 0 fully saturated rings. The summed E-state index contributed by atoms with van der Waals surface area (Å²) in [5.41, 5.74) is 0. The minimum absolute atomic E-state index is 0.336. The molecule has 0 spiro atoms. The first-order valence-electron chi connectivity index (χ1n) is 5.54. The number of hydrogen-bond donors (Lipinski definition) is 2. The van der Waals surface area contributed by atoms with Gasteiger partial charge < -0.3 is 0 Å². The molecule has 2 unspecified atom stereocenters. The van der Waals surface area contributed by atoms with Crippen molar-refractivity contribution in [3.63, 3.8) is 0 Å². The van der Waals surface area contributed by atoms with Crippen molar-refractivity contribution in [1.82, 2.24) is 10.6 Å². The maximum Gasteiger partial charge on any atom is 0.250 e. The Morgan fingerprint density at radius 1 is 1.60 bits per heavy atom. The first kappa shape index (κ1) is 12.0. The molecule has 1 aliphatic rings. The summed E-state index contributed by atoms with van der Waals surface area (Å²) in [5.74, 6) is 1.27. The zero-order chi connectivity index (χ0) is 11.3. The summed E-state index contributed by atoms with van der Waals surface area (Å²) in [7, 11) is 0. The molecule has 0 aliphatic carbocycles. The van der Waals surface area contributed by atoms with E-state index in [1.165, 1.54) is 5.84 Å². The molecule has 0 bridgehead atoms. The van der Waals surface area contributed by atoms with Crippen LogP contribution in [0.15, 0.2) is 25.3 Å². The second-order valence-electron chi connectivity index (χ2n) is 3.95. The second kappa shape index (κ2) is 5.71. The largest absolute Gasteiger partial charge is 0.276 e. The van der Waals surface area contributed by atoms with E-state index in [1.54, 1.807) is 0 Å². The van der Waals surface area contributed by atoms with Gasteiger partial charge in [0.15, 0.2) is 0 Å². The Kier molecular flexibility index (Phi) is 4.56. The van der Waals surface area contributed by atoms with E-state index in [-0.39, 0.29) is 0 Å². The molecule has 0 radical (unpaired) electrons. The van der Waals surface area contributed by atoms with Crippen molar-refractivity contribution in [2.75, 3.05) is 13.1 Å². The predicted molar refractivity (Wildman–Crippen MR) is 65.2 cm³/mol. The second-order valence-corrected chi connectivity index (χ2v) is 3.95. The molecule has 0 amide bonds. The van der Waals surface area contributed by atoms with Gasteiger partial charge in [-0.05, 0) is 13.8 Å². The van der Waals surface area contributed by atoms with E-state index < -0.39 is 0 Å². The standard InChI is InChI=1S/C12H21N3/c1-5-7-12-14-9-10(3)15(12)11(4)13-8-6-2/h5-6,10-11,13H,1-2,7-9H2,3-4H3/p+1. The number of rotatable bonds is 6. The summed E-state index contributed by atoms with van der Waals surface area (Å²) in [4.78, 5) is 0. The van der Waals surface area contributed by atoms with Crippen LogP contribution < -0.4 is 10.6 Å². The summed E-state index contributed by atoms with van der Waals surface area (Å²) in [6.45, 7) is 13.8. The molecule has 1 heterocycles. The van der Waals surface area contributed by atoms with Gasteiger partial charge in [-0.3, -0.25) is 10.6 Å². The molecule has 15 heavy (non-hydrogen) atoms. The smallest absolute Gasteiger partial charge is 0.250 e.